The number of hydrogen-bond acceptors (Lipinski definition) is 1. The Kier molecular flexibility index (Phi) is 11.3. The average Bonchev–Trinajstić information content (AvgIpc) is 3.00. The van der Waals surface area contributed by atoms with Gasteiger partial charge in [0.25, 0.3) is 0 Å². The molecule has 0 radical (unpaired) electrons. The molecule has 0 aliphatic heterocycles. The monoisotopic (exact) mass is 540 g/mol. The Hall–Kier alpha value is -3.46. The quantitative estimate of drug-likeness (QED) is 0.136. The Labute approximate surface area is 239 Å². The highest BCUT2D eigenvalue weighted by atomic mass is 19.2. The van der Waals surface area contributed by atoms with Gasteiger partial charge in [-0.3, -0.25) is 0 Å². The third kappa shape index (κ3) is 8.03. The van der Waals surface area contributed by atoms with Crippen molar-refractivity contribution in [3.05, 3.63) is 102 Å². The summed E-state index contributed by atoms with van der Waals surface area (Å²) in [5.41, 5.74) is 6.78. The second-order valence-electron chi connectivity index (χ2n) is 10.7. The van der Waals surface area contributed by atoms with Gasteiger partial charge in [-0.05, 0) is 64.8 Å². The lowest BCUT2D eigenvalue weighted by Gasteiger charge is -2.11. The van der Waals surface area contributed by atoms with Gasteiger partial charge in [-0.15, -0.1) is 0 Å². The van der Waals surface area contributed by atoms with Gasteiger partial charge in [-0.25, -0.2) is 4.39 Å². The predicted octanol–water partition coefficient (Wildman–Crippen LogP) is 11.4. The molecule has 0 bridgehead atoms. The predicted molar refractivity (Wildman–Crippen MR) is 165 cm³/mol. The maximum atomic E-state index is 14.8. The third-order valence-corrected chi connectivity index (χ3v) is 7.57. The van der Waals surface area contributed by atoms with E-state index in [1.807, 2.05) is 24.3 Å². The average molecular weight is 541 g/mol. The lowest BCUT2D eigenvalue weighted by molar-refractivity contribution is 0.286. The molecule has 0 saturated heterocycles. The Balaban J connectivity index is 1.36. The lowest BCUT2D eigenvalue weighted by atomic mass is 9.97. The van der Waals surface area contributed by atoms with Crippen LogP contribution in [0.1, 0.15) is 77.2 Å². The van der Waals surface area contributed by atoms with Crippen molar-refractivity contribution in [2.45, 2.75) is 78.1 Å². The molecule has 0 fully saturated rings. The summed E-state index contributed by atoms with van der Waals surface area (Å²) in [5.74, 6) is -1.83. The van der Waals surface area contributed by atoms with E-state index in [2.05, 4.69) is 62.4 Å². The third-order valence-electron chi connectivity index (χ3n) is 7.57. The molecule has 4 aromatic rings. The molecule has 3 heteroatoms. The van der Waals surface area contributed by atoms with Gasteiger partial charge in [-0.2, -0.15) is 4.39 Å². The summed E-state index contributed by atoms with van der Waals surface area (Å²) in [7, 11) is 0. The summed E-state index contributed by atoms with van der Waals surface area (Å²) >= 11 is 0. The summed E-state index contributed by atoms with van der Waals surface area (Å²) in [6.07, 6.45) is 12.0. The summed E-state index contributed by atoms with van der Waals surface area (Å²) in [6.45, 7) is 4.74. The van der Waals surface area contributed by atoms with Crippen molar-refractivity contribution in [1.29, 1.82) is 0 Å². The fourth-order valence-electron chi connectivity index (χ4n) is 5.07. The molecule has 0 aliphatic carbocycles. The SMILES string of the molecule is CCCCCCCCc1ccc(-c2ccc(-c3ccc(-c4ccc(OCCCCC)c(F)c4F)cc3)cc2)cc1. The fraction of sp³-hybridized carbons (Fsp3) is 0.351. The molecule has 210 valence electrons. The Morgan fingerprint density at radius 1 is 0.475 bits per heavy atom. The van der Waals surface area contributed by atoms with Crippen LogP contribution in [0.25, 0.3) is 33.4 Å². The summed E-state index contributed by atoms with van der Waals surface area (Å²) in [6, 6.07) is 28.1. The first kappa shape index (κ1) is 29.5. The van der Waals surface area contributed by atoms with E-state index >= 15 is 0 Å². The van der Waals surface area contributed by atoms with Crippen LogP contribution >= 0.6 is 0 Å². The molecule has 4 rings (SSSR count). The van der Waals surface area contributed by atoms with Crippen LogP contribution in [0.2, 0.25) is 0 Å². The van der Waals surface area contributed by atoms with Crippen molar-refractivity contribution >= 4 is 0 Å². The molecule has 4 aromatic carbocycles. The minimum atomic E-state index is -0.927. The highest BCUT2D eigenvalue weighted by Gasteiger charge is 2.16. The molecule has 0 N–H and O–H groups in total. The van der Waals surface area contributed by atoms with Crippen molar-refractivity contribution in [1.82, 2.24) is 0 Å². The number of unbranched alkanes of at least 4 members (excludes halogenated alkanes) is 7. The second kappa shape index (κ2) is 15.4. The van der Waals surface area contributed by atoms with E-state index in [-0.39, 0.29) is 11.3 Å². The number of rotatable bonds is 15. The Bertz CT molecular complexity index is 1310. The highest BCUT2D eigenvalue weighted by molar-refractivity contribution is 5.73. The van der Waals surface area contributed by atoms with Gasteiger partial charge in [0.1, 0.15) is 0 Å². The van der Waals surface area contributed by atoms with E-state index in [9.17, 15) is 8.78 Å². The number of halogens is 2. The van der Waals surface area contributed by atoms with Crippen molar-refractivity contribution < 1.29 is 13.5 Å². The van der Waals surface area contributed by atoms with Crippen LogP contribution in [0.5, 0.6) is 5.75 Å². The molecule has 0 saturated carbocycles. The Morgan fingerprint density at radius 3 is 1.52 bits per heavy atom. The van der Waals surface area contributed by atoms with Crippen LogP contribution in [-0.2, 0) is 6.42 Å². The zero-order chi connectivity index (χ0) is 28.2. The lowest BCUT2D eigenvalue weighted by Crippen LogP contribution is -2.01. The molecule has 0 amide bonds. The standard InChI is InChI=1S/C37H42F2O/c1-3-5-7-8-9-10-12-28-13-15-29(16-14-28)30-17-19-31(20-18-30)32-21-23-33(24-22-32)34-25-26-35(37(39)36(34)38)40-27-11-6-4-2/h13-26H,3-12,27H2,1-2H3. The van der Waals surface area contributed by atoms with Gasteiger partial charge >= 0.3 is 0 Å². The second-order valence-corrected chi connectivity index (χ2v) is 10.7. The molecule has 0 aromatic heterocycles. The molecule has 40 heavy (non-hydrogen) atoms. The van der Waals surface area contributed by atoms with Crippen molar-refractivity contribution in [3.8, 4) is 39.1 Å². The largest absolute Gasteiger partial charge is 0.490 e. The molecule has 0 unspecified atom stereocenters. The number of aryl methyl sites for hydroxylation is 1. The van der Waals surface area contributed by atoms with Crippen LogP contribution in [0.4, 0.5) is 8.78 Å². The van der Waals surface area contributed by atoms with E-state index in [0.29, 0.717) is 12.2 Å². The van der Waals surface area contributed by atoms with Gasteiger partial charge < -0.3 is 4.74 Å². The number of ether oxygens (including phenoxy) is 1. The molecule has 0 spiro atoms. The van der Waals surface area contributed by atoms with Crippen LogP contribution in [0.15, 0.2) is 84.9 Å². The van der Waals surface area contributed by atoms with E-state index in [1.54, 1.807) is 6.07 Å². The van der Waals surface area contributed by atoms with Crippen LogP contribution < -0.4 is 4.74 Å². The zero-order valence-corrected chi connectivity index (χ0v) is 24.0. The van der Waals surface area contributed by atoms with Gasteiger partial charge in [-0.1, -0.05) is 132 Å². The van der Waals surface area contributed by atoms with Crippen molar-refractivity contribution in [2.75, 3.05) is 6.61 Å². The minimum Gasteiger partial charge on any atom is -0.490 e. The zero-order valence-electron chi connectivity index (χ0n) is 24.0. The van der Waals surface area contributed by atoms with E-state index in [1.165, 1.54) is 61.3 Å². The summed E-state index contributed by atoms with van der Waals surface area (Å²) < 4.78 is 34.9. The van der Waals surface area contributed by atoms with Gasteiger partial charge in [0.05, 0.1) is 6.61 Å². The first-order valence-corrected chi connectivity index (χ1v) is 15.0. The van der Waals surface area contributed by atoms with Crippen LogP contribution in [0, 0.1) is 11.6 Å². The molecule has 0 aliphatic rings. The molecule has 0 atom stereocenters. The number of hydrogen-bond donors (Lipinski definition) is 0. The van der Waals surface area contributed by atoms with Crippen molar-refractivity contribution in [2.24, 2.45) is 0 Å². The molecular formula is C37H42F2O. The maximum Gasteiger partial charge on any atom is 0.201 e. The normalized spacial score (nSPS) is 11.1. The van der Waals surface area contributed by atoms with Gasteiger partial charge in [0.2, 0.25) is 5.82 Å². The Morgan fingerprint density at radius 2 is 0.950 bits per heavy atom. The smallest absolute Gasteiger partial charge is 0.201 e. The topological polar surface area (TPSA) is 9.23 Å². The first-order chi connectivity index (χ1) is 19.6. The van der Waals surface area contributed by atoms with Crippen molar-refractivity contribution in [3.63, 3.8) is 0 Å². The van der Waals surface area contributed by atoms with E-state index in [0.717, 1.165) is 36.8 Å². The molecule has 0 heterocycles. The van der Waals surface area contributed by atoms with Gasteiger partial charge in [0, 0.05) is 5.56 Å². The molecule has 1 nitrogen and oxygen atoms in total. The van der Waals surface area contributed by atoms with E-state index < -0.39 is 11.6 Å². The first-order valence-electron chi connectivity index (χ1n) is 15.0. The fourth-order valence-corrected chi connectivity index (χ4v) is 5.07. The summed E-state index contributed by atoms with van der Waals surface area (Å²) in [4.78, 5) is 0. The summed E-state index contributed by atoms with van der Waals surface area (Å²) in [5, 5.41) is 0. The highest BCUT2D eigenvalue weighted by Crippen LogP contribution is 2.32. The van der Waals surface area contributed by atoms with E-state index in [4.69, 9.17) is 4.74 Å². The molecular weight excluding hydrogens is 498 g/mol. The minimum absolute atomic E-state index is 0.0264. The van der Waals surface area contributed by atoms with Crippen LogP contribution in [0.3, 0.4) is 0 Å². The maximum absolute atomic E-state index is 14.8. The number of benzene rings is 4. The van der Waals surface area contributed by atoms with Gasteiger partial charge in [0.15, 0.2) is 11.6 Å². The van der Waals surface area contributed by atoms with Crippen LogP contribution in [-0.4, -0.2) is 6.61 Å².